The maximum Gasteiger partial charge on any atom is 0.231 e. The Morgan fingerprint density at radius 1 is 1.15 bits per heavy atom. The minimum Gasteiger partial charge on any atom is -0.454 e. The van der Waals surface area contributed by atoms with Gasteiger partial charge in [0.05, 0.1) is 0 Å². The van der Waals surface area contributed by atoms with Crippen LogP contribution in [0.4, 0.5) is 20.4 Å². The minimum absolute atomic E-state index is 0.0958. The normalized spacial score (nSPS) is 12.5. The fourth-order valence-corrected chi connectivity index (χ4v) is 1.84. The van der Waals surface area contributed by atoms with Gasteiger partial charge in [-0.2, -0.15) is 0 Å². The number of aromatic nitrogens is 1. The van der Waals surface area contributed by atoms with Gasteiger partial charge in [-0.25, -0.2) is 13.8 Å². The van der Waals surface area contributed by atoms with Crippen molar-refractivity contribution < 1.29 is 18.3 Å². The lowest BCUT2D eigenvalue weighted by atomic mass is 10.2. The van der Waals surface area contributed by atoms with Crippen LogP contribution in [-0.4, -0.2) is 11.8 Å². The molecule has 0 aliphatic carbocycles. The van der Waals surface area contributed by atoms with Crippen LogP contribution in [0.5, 0.6) is 11.5 Å². The van der Waals surface area contributed by atoms with E-state index in [1.54, 1.807) is 12.1 Å². The topological polar surface area (TPSA) is 69.4 Å². The third-order valence-corrected chi connectivity index (χ3v) is 2.85. The quantitative estimate of drug-likeness (QED) is 0.902. The molecule has 5 nitrogen and oxygen atoms in total. The molecule has 2 heterocycles. The van der Waals surface area contributed by atoms with Crippen molar-refractivity contribution >= 4 is 11.6 Å². The lowest BCUT2D eigenvalue weighted by molar-refractivity contribution is 0.174. The molecule has 3 rings (SSSR count). The highest BCUT2D eigenvalue weighted by Crippen LogP contribution is 2.32. The van der Waals surface area contributed by atoms with Gasteiger partial charge in [0.2, 0.25) is 6.79 Å². The molecule has 1 aliphatic heterocycles. The van der Waals surface area contributed by atoms with Gasteiger partial charge in [0.25, 0.3) is 0 Å². The van der Waals surface area contributed by atoms with E-state index in [0.717, 1.165) is 5.56 Å². The number of hydrogen-bond donors (Lipinski definition) is 2. The second kappa shape index (κ2) is 4.84. The average molecular weight is 279 g/mol. The first-order chi connectivity index (χ1) is 9.63. The minimum atomic E-state index is -0.879. The summed E-state index contributed by atoms with van der Waals surface area (Å²) in [5, 5.41) is 2.76. The van der Waals surface area contributed by atoms with Crippen LogP contribution in [0, 0.1) is 11.6 Å². The molecule has 0 atom stereocenters. The molecule has 0 spiro atoms. The standard InChI is InChI=1S/C13H11F2N3O2/c14-8-4-9(15)13(18-12(8)16)17-5-7-1-2-10-11(3-7)20-6-19-10/h1-4H,5-6H2,(H3,16,17,18). The van der Waals surface area contributed by atoms with Crippen LogP contribution in [0.15, 0.2) is 24.3 Å². The fourth-order valence-electron chi connectivity index (χ4n) is 1.84. The Kier molecular flexibility index (Phi) is 3.02. The van der Waals surface area contributed by atoms with Crippen LogP contribution in [0.3, 0.4) is 0 Å². The first kappa shape index (κ1) is 12.5. The van der Waals surface area contributed by atoms with Crippen molar-refractivity contribution in [2.45, 2.75) is 6.54 Å². The number of rotatable bonds is 3. The van der Waals surface area contributed by atoms with Crippen molar-refractivity contribution in [2.24, 2.45) is 0 Å². The Bertz CT molecular complexity index is 664. The van der Waals surface area contributed by atoms with E-state index >= 15 is 0 Å². The lowest BCUT2D eigenvalue weighted by Gasteiger charge is -2.08. The number of benzene rings is 1. The summed E-state index contributed by atoms with van der Waals surface area (Å²) in [5.74, 6) is -0.810. The molecule has 7 heteroatoms. The van der Waals surface area contributed by atoms with Crippen molar-refractivity contribution in [3.8, 4) is 11.5 Å². The molecular formula is C13H11F2N3O2. The van der Waals surface area contributed by atoms with E-state index in [9.17, 15) is 8.78 Å². The largest absolute Gasteiger partial charge is 0.454 e. The Morgan fingerprint density at radius 3 is 2.80 bits per heavy atom. The number of nitrogens with zero attached hydrogens (tertiary/aromatic N) is 1. The average Bonchev–Trinajstić information content (AvgIpc) is 2.89. The number of nitrogens with one attached hydrogen (secondary N) is 1. The molecule has 0 amide bonds. The summed E-state index contributed by atoms with van der Waals surface area (Å²) < 4.78 is 36.9. The second-order valence-electron chi connectivity index (χ2n) is 4.23. The van der Waals surface area contributed by atoms with Crippen LogP contribution in [0.25, 0.3) is 0 Å². The number of ether oxygens (including phenoxy) is 2. The number of hydrogen-bond acceptors (Lipinski definition) is 5. The van der Waals surface area contributed by atoms with Gasteiger partial charge in [-0.3, -0.25) is 0 Å². The molecular weight excluding hydrogens is 268 g/mol. The zero-order valence-corrected chi connectivity index (χ0v) is 10.3. The number of fused-ring (bicyclic) bond motifs is 1. The second-order valence-corrected chi connectivity index (χ2v) is 4.23. The fraction of sp³-hybridized carbons (Fsp3) is 0.154. The highest BCUT2D eigenvalue weighted by molar-refractivity contribution is 5.48. The molecule has 104 valence electrons. The molecule has 1 aliphatic rings. The first-order valence-corrected chi connectivity index (χ1v) is 5.87. The van der Waals surface area contributed by atoms with Gasteiger partial charge < -0.3 is 20.5 Å². The maximum atomic E-state index is 13.5. The number of pyridine rings is 1. The van der Waals surface area contributed by atoms with Gasteiger partial charge >= 0.3 is 0 Å². The van der Waals surface area contributed by atoms with Crippen LogP contribution >= 0.6 is 0 Å². The summed E-state index contributed by atoms with van der Waals surface area (Å²) >= 11 is 0. The van der Waals surface area contributed by atoms with Crippen molar-refractivity contribution in [1.82, 2.24) is 4.98 Å². The van der Waals surface area contributed by atoms with E-state index in [-0.39, 0.29) is 18.4 Å². The smallest absolute Gasteiger partial charge is 0.231 e. The molecule has 1 aromatic heterocycles. The predicted molar refractivity (Wildman–Crippen MR) is 68.5 cm³/mol. The number of anilines is 2. The summed E-state index contributed by atoms with van der Waals surface area (Å²) in [6.07, 6.45) is 0. The molecule has 0 bridgehead atoms. The maximum absolute atomic E-state index is 13.5. The van der Waals surface area contributed by atoms with Gasteiger partial charge in [0.15, 0.2) is 34.8 Å². The Labute approximate surface area is 113 Å². The van der Waals surface area contributed by atoms with E-state index in [2.05, 4.69) is 10.3 Å². The lowest BCUT2D eigenvalue weighted by Crippen LogP contribution is -2.06. The zero-order valence-electron chi connectivity index (χ0n) is 10.3. The van der Waals surface area contributed by atoms with Crippen LogP contribution in [0.2, 0.25) is 0 Å². The third-order valence-electron chi connectivity index (χ3n) is 2.85. The van der Waals surface area contributed by atoms with Gasteiger partial charge in [-0.05, 0) is 17.7 Å². The summed E-state index contributed by atoms with van der Waals surface area (Å²) in [6.45, 7) is 0.489. The van der Waals surface area contributed by atoms with Crippen LogP contribution in [0.1, 0.15) is 5.56 Å². The highest BCUT2D eigenvalue weighted by Gasteiger charge is 2.14. The third kappa shape index (κ3) is 2.29. The number of nitrogen functional groups attached to an aromatic ring is 1. The summed E-state index contributed by atoms with van der Waals surface area (Å²) in [4.78, 5) is 3.62. The SMILES string of the molecule is Nc1nc(NCc2ccc3c(c2)OCO3)c(F)cc1F. The first-order valence-electron chi connectivity index (χ1n) is 5.87. The molecule has 0 unspecified atom stereocenters. The van der Waals surface area contributed by atoms with Gasteiger partial charge in [-0.1, -0.05) is 6.07 Å². The van der Waals surface area contributed by atoms with Gasteiger partial charge in [0, 0.05) is 12.6 Å². The molecule has 0 saturated heterocycles. The Balaban J connectivity index is 1.75. The monoisotopic (exact) mass is 279 g/mol. The van der Waals surface area contributed by atoms with Crippen LogP contribution in [-0.2, 0) is 6.54 Å². The molecule has 1 aromatic carbocycles. The predicted octanol–water partition coefficient (Wildman–Crippen LogP) is 2.28. The summed E-state index contributed by atoms with van der Waals surface area (Å²) in [7, 11) is 0. The summed E-state index contributed by atoms with van der Waals surface area (Å²) in [6, 6.07) is 6.05. The molecule has 20 heavy (non-hydrogen) atoms. The van der Waals surface area contributed by atoms with Crippen molar-refractivity contribution in [1.29, 1.82) is 0 Å². The van der Waals surface area contributed by atoms with E-state index in [1.807, 2.05) is 6.07 Å². The summed E-state index contributed by atoms with van der Waals surface area (Å²) in [5.41, 5.74) is 6.15. The molecule has 0 fully saturated rings. The number of halogens is 2. The van der Waals surface area contributed by atoms with Crippen LogP contribution < -0.4 is 20.5 Å². The molecule has 0 saturated carbocycles. The van der Waals surface area contributed by atoms with E-state index in [1.165, 1.54) is 0 Å². The van der Waals surface area contributed by atoms with Crippen molar-refractivity contribution in [2.75, 3.05) is 17.8 Å². The molecule has 0 radical (unpaired) electrons. The van der Waals surface area contributed by atoms with E-state index < -0.39 is 11.6 Å². The molecule has 2 aromatic rings. The molecule has 3 N–H and O–H groups in total. The zero-order chi connectivity index (χ0) is 14.1. The number of nitrogens with two attached hydrogens (primary N) is 1. The Morgan fingerprint density at radius 2 is 1.95 bits per heavy atom. The van der Waals surface area contributed by atoms with E-state index in [4.69, 9.17) is 15.2 Å². The van der Waals surface area contributed by atoms with Gasteiger partial charge in [0.1, 0.15) is 0 Å². The van der Waals surface area contributed by atoms with Crippen molar-refractivity contribution in [3.63, 3.8) is 0 Å². The highest BCUT2D eigenvalue weighted by atomic mass is 19.1. The van der Waals surface area contributed by atoms with E-state index in [0.29, 0.717) is 24.1 Å². The Hall–Kier alpha value is -2.57. The van der Waals surface area contributed by atoms with Crippen molar-refractivity contribution in [3.05, 3.63) is 41.5 Å². The van der Waals surface area contributed by atoms with Gasteiger partial charge in [-0.15, -0.1) is 0 Å².